The van der Waals surface area contributed by atoms with Gasteiger partial charge in [0.05, 0.1) is 16.6 Å². The number of nitriles is 1. The Balaban J connectivity index is 1.40. The van der Waals surface area contributed by atoms with Crippen LogP contribution in [0.25, 0.3) is 22.7 Å². The summed E-state index contributed by atoms with van der Waals surface area (Å²) >= 11 is 0. The van der Waals surface area contributed by atoms with E-state index in [1.54, 1.807) is 36.4 Å². The van der Waals surface area contributed by atoms with Crippen LogP contribution in [0.1, 0.15) is 17.0 Å². The highest BCUT2D eigenvalue weighted by molar-refractivity contribution is 5.92. The van der Waals surface area contributed by atoms with E-state index in [-0.39, 0.29) is 18.3 Å². The van der Waals surface area contributed by atoms with Crippen LogP contribution in [0.3, 0.4) is 0 Å². The maximum absolute atomic E-state index is 13.4. The molecule has 0 saturated heterocycles. The second-order valence-electron chi connectivity index (χ2n) is 7.19. The van der Waals surface area contributed by atoms with Crippen molar-refractivity contribution in [3.63, 3.8) is 0 Å². The lowest BCUT2D eigenvalue weighted by atomic mass is 10.1. The van der Waals surface area contributed by atoms with E-state index in [4.69, 9.17) is 4.74 Å². The van der Waals surface area contributed by atoms with Gasteiger partial charge >= 0.3 is 0 Å². The topological polar surface area (TPSA) is 90.8 Å². The van der Waals surface area contributed by atoms with Crippen LogP contribution in [0.15, 0.2) is 66.7 Å². The number of H-pyrrole nitrogens is 1. The highest BCUT2D eigenvalue weighted by atomic mass is 19.1. The number of aryl methyl sites for hydroxylation is 1. The second-order valence-corrected chi connectivity index (χ2v) is 7.19. The smallest absolute Gasteiger partial charge is 0.262 e. The summed E-state index contributed by atoms with van der Waals surface area (Å²) in [6, 6.07) is 20.8. The van der Waals surface area contributed by atoms with E-state index in [0.29, 0.717) is 33.9 Å². The monoisotopic (exact) mass is 426 g/mol. The molecule has 32 heavy (non-hydrogen) atoms. The van der Waals surface area contributed by atoms with Gasteiger partial charge in [-0.1, -0.05) is 29.8 Å². The van der Waals surface area contributed by atoms with Gasteiger partial charge in [-0.15, -0.1) is 0 Å². The van der Waals surface area contributed by atoms with Crippen LogP contribution < -0.4 is 10.1 Å². The number of amides is 1. The molecule has 0 unspecified atom stereocenters. The molecule has 1 amide bonds. The number of imidazole rings is 1. The Kier molecular flexibility index (Phi) is 5.95. The first-order valence-electron chi connectivity index (χ1n) is 9.87. The van der Waals surface area contributed by atoms with Crippen LogP contribution in [-0.4, -0.2) is 22.5 Å². The van der Waals surface area contributed by atoms with Crippen LogP contribution in [0, 0.1) is 24.1 Å². The first-order valence-corrected chi connectivity index (χ1v) is 9.87. The van der Waals surface area contributed by atoms with E-state index in [0.717, 1.165) is 11.1 Å². The number of halogens is 1. The molecule has 3 aromatic carbocycles. The molecular formula is C25H19FN4O2. The minimum absolute atomic E-state index is 0.123. The van der Waals surface area contributed by atoms with Crippen molar-refractivity contribution >= 4 is 34.3 Å². The average molecular weight is 426 g/mol. The zero-order valence-electron chi connectivity index (χ0n) is 17.2. The number of carbonyl (C=O) groups excluding carboxylic acids is 1. The first kappa shape index (κ1) is 20.8. The molecule has 0 aliphatic heterocycles. The maximum Gasteiger partial charge on any atom is 0.262 e. The van der Waals surface area contributed by atoms with Crippen LogP contribution in [0.2, 0.25) is 0 Å². The van der Waals surface area contributed by atoms with Crippen LogP contribution in [0.4, 0.5) is 10.1 Å². The number of hydrogen-bond donors (Lipinski definition) is 2. The Morgan fingerprint density at radius 1 is 1.16 bits per heavy atom. The third-order valence-electron chi connectivity index (χ3n) is 4.72. The molecule has 2 N–H and O–H groups in total. The number of fused-ring (bicyclic) bond motifs is 1. The molecule has 1 heterocycles. The van der Waals surface area contributed by atoms with Gasteiger partial charge in [0.2, 0.25) is 0 Å². The van der Waals surface area contributed by atoms with Crippen molar-refractivity contribution < 1.29 is 13.9 Å². The van der Waals surface area contributed by atoms with E-state index < -0.39 is 0 Å². The number of aromatic nitrogens is 2. The fraction of sp³-hybridized carbons (Fsp3) is 0.0800. The minimum atomic E-state index is -0.377. The molecule has 4 rings (SSSR count). The number of rotatable bonds is 6. The summed E-state index contributed by atoms with van der Waals surface area (Å²) in [4.78, 5) is 19.4. The molecule has 158 valence electrons. The van der Waals surface area contributed by atoms with Gasteiger partial charge in [0.15, 0.2) is 6.61 Å². The van der Waals surface area contributed by atoms with Crippen LogP contribution in [0.5, 0.6) is 5.75 Å². The van der Waals surface area contributed by atoms with Crippen molar-refractivity contribution in [3.05, 3.63) is 89.5 Å². The lowest BCUT2D eigenvalue weighted by molar-refractivity contribution is -0.118. The Labute approximate surface area is 184 Å². The first-order chi connectivity index (χ1) is 15.5. The maximum atomic E-state index is 13.4. The quantitative estimate of drug-likeness (QED) is 0.420. The van der Waals surface area contributed by atoms with Gasteiger partial charge in [0, 0.05) is 5.69 Å². The third-order valence-corrected chi connectivity index (χ3v) is 4.72. The summed E-state index contributed by atoms with van der Waals surface area (Å²) in [5.41, 5.74) is 3.99. The predicted molar refractivity (Wildman–Crippen MR) is 121 cm³/mol. The van der Waals surface area contributed by atoms with Gasteiger partial charge in [-0.25, -0.2) is 9.37 Å². The molecule has 0 atom stereocenters. The van der Waals surface area contributed by atoms with E-state index in [1.807, 2.05) is 31.2 Å². The van der Waals surface area contributed by atoms with Gasteiger partial charge in [0.1, 0.15) is 23.5 Å². The number of hydrogen-bond acceptors (Lipinski definition) is 4. The largest absolute Gasteiger partial charge is 0.484 e. The van der Waals surface area contributed by atoms with Gasteiger partial charge in [-0.3, -0.25) is 4.79 Å². The number of nitrogens with zero attached hydrogens (tertiary/aromatic N) is 2. The summed E-state index contributed by atoms with van der Waals surface area (Å²) in [5.74, 6) is 0.254. The van der Waals surface area contributed by atoms with Gasteiger partial charge in [-0.05, 0) is 61.0 Å². The summed E-state index contributed by atoms with van der Waals surface area (Å²) in [6.07, 6.45) is 1.67. The molecule has 0 fully saturated rings. The third kappa shape index (κ3) is 4.99. The Morgan fingerprint density at radius 3 is 2.62 bits per heavy atom. The average Bonchev–Trinajstić information content (AvgIpc) is 3.21. The van der Waals surface area contributed by atoms with Crippen molar-refractivity contribution in [3.8, 4) is 11.8 Å². The SMILES string of the molecule is Cc1ccc(NC(=O)COc2ccc(/C=C(/C#N)c3nc4ccc(F)cc4[nH]3)cc2)cc1. The summed E-state index contributed by atoms with van der Waals surface area (Å²) < 4.78 is 18.9. The molecule has 0 bridgehead atoms. The van der Waals surface area contributed by atoms with E-state index in [2.05, 4.69) is 21.4 Å². The molecule has 6 nitrogen and oxygen atoms in total. The molecule has 1 aromatic heterocycles. The van der Waals surface area contributed by atoms with Crippen molar-refractivity contribution in [1.82, 2.24) is 9.97 Å². The van der Waals surface area contributed by atoms with Gasteiger partial charge < -0.3 is 15.0 Å². The molecule has 0 aliphatic carbocycles. The number of nitrogens with one attached hydrogen (secondary N) is 2. The molecule has 0 spiro atoms. The zero-order valence-corrected chi connectivity index (χ0v) is 17.2. The molecular weight excluding hydrogens is 407 g/mol. The van der Waals surface area contributed by atoms with Crippen LogP contribution in [-0.2, 0) is 4.79 Å². The van der Waals surface area contributed by atoms with Crippen molar-refractivity contribution in [2.24, 2.45) is 0 Å². The second kappa shape index (κ2) is 9.14. The normalized spacial score (nSPS) is 11.2. The fourth-order valence-corrected chi connectivity index (χ4v) is 3.07. The number of anilines is 1. The Bertz CT molecular complexity index is 1330. The van der Waals surface area contributed by atoms with Gasteiger partial charge in [-0.2, -0.15) is 5.26 Å². The fourth-order valence-electron chi connectivity index (χ4n) is 3.07. The minimum Gasteiger partial charge on any atom is -0.484 e. The summed E-state index contributed by atoms with van der Waals surface area (Å²) in [7, 11) is 0. The lowest BCUT2D eigenvalue weighted by Gasteiger charge is -2.08. The van der Waals surface area contributed by atoms with E-state index in [1.165, 1.54) is 12.1 Å². The molecule has 0 saturated carbocycles. The molecule has 0 radical (unpaired) electrons. The van der Waals surface area contributed by atoms with Crippen molar-refractivity contribution in [2.75, 3.05) is 11.9 Å². The highest BCUT2D eigenvalue weighted by Gasteiger charge is 2.09. The summed E-state index contributed by atoms with van der Waals surface area (Å²) in [5, 5.41) is 12.3. The summed E-state index contributed by atoms with van der Waals surface area (Å²) in [6.45, 7) is 1.85. The lowest BCUT2D eigenvalue weighted by Crippen LogP contribution is -2.20. The number of allylic oxidation sites excluding steroid dienone is 1. The van der Waals surface area contributed by atoms with E-state index in [9.17, 15) is 14.4 Å². The predicted octanol–water partition coefficient (Wildman–Crippen LogP) is 5.09. The highest BCUT2D eigenvalue weighted by Crippen LogP contribution is 2.21. The molecule has 0 aliphatic rings. The van der Waals surface area contributed by atoms with E-state index >= 15 is 0 Å². The Hall–Kier alpha value is -4.44. The Morgan fingerprint density at radius 2 is 1.91 bits per heavy atom. The number of aromatic amines is 1. The zero-order chi connectivity index (χ0) is 22.5. The van der Waals surface area contributed by atoms with Crippen molar-refractivity contribution in [1.29, 1.82) is 5.26 Å². The van der Waals surface area contributed by atoms with Crippen LogP contribution >= 0.6 is 0 Å². The van der Waals surface area contributed by atoms with Crippen molar-refractivity contribution in [2.45, 2.75) is 6.92 Å². The number of carbonyl (C=O) groups is 1. The number of benzene rings is 3. The number of ether oxygens (including phenoxy) is 1. The standard InChI is InChI=1S/C25H19FN4O2/c1-16-2-7-20(8-3-16)28-24(31)15-32-21-9-4-17(5-10-21)12-18(14-27)25-29-22-11-6-19(26)13-23(22)30-25/h2-13H,15H2,1H3,(H,28,31)(H,29,30)/b18-12-. The molecule has 4 aromatic rings. The van der Waals surface area contributed by atoms with Gasteiger partial charge in [0.25, 0.3) is 5.91 Å². The molecule has 7 heteroatoms.